The fourth-order valence-electron chi connectivity index (χ4n) is 0.948. The zero-order valence-corrected chi connectivity index (χ0v) is 9.29. The Kier molecular flexibility index (Phi) is 4.40. The SMILES string of the molecule is C=CCOC(=O)c1ccc(CBr)cc1. The minimum Gasteiger partial charge on any atom is -0.458 e. The van der Waals surface area contributed by atoms with Crippen LogP contribution in [0.3, 0.4) is 0 Å². The van der Waals surface area contributed by atoms with Gasteiger partial charge in [-0.25, -0.2) is 4.79 Å². The molecule has 0 aromatic heterocycles. The first-order valence-electron chi connectivity index (χ1n) is 4.21. The van der Waals surface area contributed by atoms with Crippen molar-refractivity contribution in [3.8, 4) is 0 Å². The summed E-state index contributed by atoms with van der Waals surface area (Å²) in [5, 5.41) is 0.787. The Labute approximate surface area is 91.7 Å². The van der Waals surface area contributed by atoms with Crippen molar-refractivity contribution in [2.24, 2.45) is 0 Å². The number of carbonyl (C=O) groups is 1. The second kappa shape index (κ2) is 5.60. The molecule has 0 saturated carbocycles. The highest BCUT2D eigenvalue weighted by Crippen LogP contribution is 2.08. The van der Waals surface area contributed by atoms with Gasteiger partial charge in [0, 0.05) is 5.33 Å². The molecule has 0 bridgehead atoms. The summed E-state index contributed by atoms with van der Waals surface area (Å²) in [6.07, 6.45) is 1.55. The van der Waals surface area contributed by atoms with Gasteiger partial charge in [0.1, 0.15) is 6.61 Å². The normalized spacial score (nSPS) is 9.50. The van der Waals surface area contributed by atoms with Crippen molar-refractivity contribution < 1.29 is 9.53 Å². The maximum atomic E-state index is 11.3. The number of halogens is 1. The first-order valence-corrected chi connectivity index (χ1v) is 5.33. The molecule has 0 aliphatic heterocycles. The lowest BCUT2D eigenvalue weighted by Crippen LogP contribution is -2.04. The zero-order valence-electron chi connectivity index (χ0n) is 7.70. The molecule has 0 aliphatic carbocycles. The summed E-state index contributed by atoms with van der Waals surface area (Å²) in [6, 6.07) is 7.28. The topological polar surface area (TPSA) is 26.3 Å². The molecular formula is C11H11BrO2. The minimum absolute atomic E-state index is 0.249. The van der Waals surface area contributed by atoms with Crippen molar-refractivity contribution in [1.82, 2.24) is 0 Å². The van der Waals surface area contributed by atoms with Crippen LogP contribution in [0.15, 0.2) is 36.9 Å². The van der Waals surface area contributed by atoms with Crippen molar-refractivity contribution in [3.63, 3.8) is 0 Å². The van der Waals surface area contributed by atoms with Gasteiger partial charge in [0.25, 0.3) is 0 Å². The summed E-state index contributed by atoms with van der Waals surface area (Å²) in [5.74, 6) is -0.314. The van der Waals surface area contributed by atoms with Crippen LogP contribution in [-0.4, -0.2) is 12.6 Å². The van der Waals surface area contributed by atoms with Crippen molar-refractivity contribution in [2.75, 3.05) is 6.61 Å². The molecule has 2 nitrogen and oxygen atoms in total. The van der Waals surface area contributed by atoms with Crippen LogP contribution < -0.4 is 0 Å². The molecule has 1 aromatic rings. The number of benzene rings is 1. The zero-order chi connectivity index (χ0) is 10.4. The quantitative estimate of drug-likeness (QED) is 0.469. The molecule has 0 heterocycles. The molecule has 14 heavy (non-hydrogen) atoms. The number of esters is 1. The molecule has 0 unspecified atom stereocenters. The van der Waals surface area contributed by atoms with Gasteiger partial charge in [-0.15, -0.1) is 0 Å². The monoisotopic (exact) mass is 254 g/mol. The number of carbonyl (C=O) groups excluding carboxylic acids is 1. The predicted octanol–water partition coefficient (Wildman–Crippen LogP) is 2.92. The third kappa shape index (κ3) is 3.00. The summed E-state index contributed by atoms with van der Waals surface area (Å²) >= 11 is 3.33. The molecule has 0 atom stereocenters. The molecule has 0 N–H and O–H groups in total. The largest absolute Gasteiger partial charge is 0.458 e. The molecule has 0 radical (unpaired) electrons. The van der Waals surface area contributed by atoms with Crippen LogP contribution in [-0.2, 0) is 10.1 Å². The fourth-order valence-corrected chi connectivity index (χ4v) is 1.32. The Bertz CT molecular complexity index is 317. The van der Waals surface area contributed by atoms with Gasteiger partial charge < -0.3 is 4.74 Å². The Morgan fingerprint density at radius 2 is 2.07 bits per heavy atom. The van der Waals surface area contributed by atoms with Crippen LogP contribution in [0, 0.1) is 0 Å². The lowest BCUT2D eigenvalue weighted by molar-refractivity contribution is 0.0550. The average Bonchev–Trinajstić information content (AvgIpc) is 2.26. The third-order valence-electron chi connectivity index (χ3n) is 1.68. The maximum Gasteiger partial charge on any atom is 0.338 e. The lowest BCUT2D eigenvalue weighted by Gasteiger charge is -2.02. The Morgan fingerprint density at radius 3 is 2.57 bits per heavy atom. The van der Waals surface area contributed by atoms with Gasteiger partial charge in [0.05, 0.1) is 5.56 Å². The van der Waals surface area contributed by atoms with Crippen LogP contribution in [0.4, 0.5) is 0 Å². The highest BCUT2D eigenvalue weighted by molar-refractivity contribution is 9.08. The smallest absolute Gasteiger partial charge is 0.338 e. The second-order valence-electron chi connectivity index (χ2n) is 2.72. The first-order chi connectivity index (χ1) is 6.77. The van der Waals surface area contributed by atoms with Crippen LogP contribution in [0.5, 0.6) is 0 Å². The lowest BCUT2D eigenvalue weighted by atomic mass is 10.1. The first kappa shape index (κ1) is 11.0. The molecule has 0 saturated heterocycles. The van der Waals surface area contributed by atoms with E-state index >= 15 is 0 Å². The molecule has 0 aliphatic rings. The van der Waals surface area contributed by atoms with E-state index in [2.05, 4.69) is 22.5 Å². The predicted molar refractivity (Wildman–Crippen MR) is 59.6 cm³/mol. The molecule has 0 spiro atoms. The molecule has 3 heteroatoms. The molecule has 74 valence electrons. The van der Waals surface area contributed by atoms with E-state index in [4.69, 9.17) is 4.74 Å². The van der Waals surface area contributed by atoms with Crippen molar-refractivity contribution >= 4 is 21.9 Å². The second-order valence-corrected chi connectivity index (χ2v) is 3.28. The van der Waals surface area contributed by atoms with Gasteiger partial charge in [0.15, 0.2) is 0 Å². The molecule has 0 fully saturated rings. The molecule has 1 aromatic carbocycles. The molecule has 0 amide bonds. The van der Waals surface area contributed by atoms with E-state index in [0.29, 0.717) is 5.56 Å². The molecule has 1 rings (SSSR count). The van der Waals surface area contributed by atoms with Gasteiger partial charge in [-0.3, -0.25) is 0 Å². The summed E-state index contributed by atoms with van der Waals surface area (Å²) in [4.78, 5) is 11.3. The number of hydrogen-bond donors (Lipinski definition) is 0. The summed E-state index contributed by atoms with van der Waals surface area (Å²) in [7, 11) is 0. The maximum absolute atomic E-state index is 11.3. The van der Waals surface area contributed by atoms with Gasteiger partial charge in [0.2, 0.25) is 0 Å². The van der Waals surface area contributed by atoms with E-state index in [0.717, 1.165) is 10.9 Å². The third-order valence-corrected chi connectivity index (χ3v) is 2.32. The summed E-state index contributed by atoms with van der Waals surface area (Å²) in [5.41, 5.74) is 1.70. The average molecular weight is 255 g/mol. The van der Waals surface area contributed by atoms with E-state index in [1.165, 1.54) is 0 Å². The minimum atomic E-state index is -0.314. The van der Waals surface area contributed by atoms with E-state index in [9.17, 15) is 4.79 Å². The van der Waals surface area contributed by atoms with Gasteiger partial charge >= 0.3 is 5.97 Å². The van der Waals surface area contributed by atoms with E-state index in [1.807, 2.05) is 12.1 Å². The number of rotatable bonds is 4. The summed E-state index contributed by atoms with van der Waals surface area (Å²) in [6.45, 7) is 3.72. The Hall–Kier alpha value is -1.09. The summed E-state index contributed by atoms with van der Waals surface area (Å²) < 4.78 is 4.88. The van der Waals surface area contributed by atoms with Crippen molar-refractivity contribution in [3.05, 3.63) is 48.0 Å². The van der Waals surface area contributed by atoms with Crippen LogP contribution in [0.1, 0.15) is 15.9 Å². The standard InChI is InChI=1S/C11H11BrO2/c1-2-7-14-11(13)10-5-3-9(8-12)4-6-10/h2-6H,1,7-8H2. The van der Waals surface area contributed by atoms with Gasteiger partial charge in [-0.1, -0.05) is 40.7 Å². The molecular weight excluding hydrogens is 244 g/mol. The van der Waals surface area contributed by atoms with Crippen LogP contribution in [0.2, 0.25) is 0 Å². The van der Waals surface area contributed by atoms with Crippen LogP contribution >= 0.6 is 15.9 Å². The number of ether oxygens (including phenoxy) is 1. The van der Waals surface area contributed by atoms with E-state index in [-0.39, 0.29) is 12.6 Å². The van der Waals surface area contributed by atoms with Crippen molar-refractivity contribution in [2.45, 2.75) is 5.33 Å². The van der Waals surface area contributed by atoms with Gasteiger partial charge in [-0.2, -0.15) is 0 Å². The van der Waals surface area contributed by atoms with Crippen molar-refractivity contribution in [1.29, 1.82) is 0 Å². The van der Waals surface area contributed by atoms with E-state index in [1.54, 1.807) is 18.2 Å². The highest BCUT2D eigenvalue weighted by Gasteiger charge is 2.04. The Morgan fingerprint density at radius 1 is 1.43 bits per heavy atom. The number of alkyl halides is 1. The van der Waals surface area contributed by atoms with E-state index < -0.39 is 0 Å². The Balaban J connectivity index is 2.66. The fraction of sp³-hybridized carbons (Fsp3) is 0.182. The van der Waals surface area contributed by atoms with Gasteiger partial charge in [-0.05, 0) is 17.7 Å². The highest BCUT2D eigenvalue weighted by atomic mass is 79.9. The van der Waals surface area contributed by atoms with Crippen LogP contribution in [0.25, 0.3) is 0 Å². The number of hydrogen-bond acceptors (Lipinski definition) is 2.